The molecule has 2 saturated heterocycles. The fourth-order valence-corrected chi connectivity index (χ4v) is 3.13. The monoisotopic (exact) mass is 301 g/mol. The molecule has 22 heavy (non-hydrogen) atoms. The van der Waals surface area contributed by atoms with Crippen LogP contribution in [0, 0.1) is 5.92 Å². The lowest BCUT2D eigenvalue weighted by molar-refractivity contribution is -0.118. The maximum Gasteiger partial charge on any atom is 0.318 e. The van der Waals surface area contributed by atoms with Gasteiger partial charge in [0.05, 0.1) is 0 Å². The molecule has 0 aromatic heterocycles. The Morgan fingerprint density at radius 3 is 2.45 bits per heavy atom. The van der Waals surface area contributed by atoms with E-state index in [4.69, 9.17) is 0 Å². The van der Waals surface area contributed by atoms with Crippen LogP contribution in [-0.2, 0) is 4.79 Å². The zero-order valence-corrected chi connectivity index (χ0v) is 13.0. The largest absolute Gasteiger partial charge is 0.326 e. The van der Waals surface area contributed by atoms with Gasteiger partial charge in [0.1, 0.15) is 6.04 Å². The van der Waals surface area contributed by atoms with Gasteiger partial charge in [0, 0.05) is 25.3 Å². The number of hydrogen-bond acceptors (Lipinski definition) is 2. The predicted molar refractivity (Wildman–Crippen MR) is 85.7 cm³/mol. The Hall–Kier alpha value is -2.04. The summed E-state index contributed by atoms with van der Waals surface area (Å²) >= 11 is 0. The Morgan fingerprint density at radius 1 is 1.09 bits per heavy atom. The van der Waals surface area contributed by atoms with Crippen LogP contribution in [0.15, 0.2) is 30.3 Å². The minimum absolute atomic E-state index is 0.00933. The van der Waals surface area contributed by atoms with Gasteiger partial charge in [0.2, 0.25) is 5.91 Å². The maximum absolute atomic E-state index is 12.5. The van der Waals surface area contributed by atoms with Gasteiger partial charge in [-0.25, -0.2) is 4.79 Å². The van der Waals surface area contributed by atoms with Crippen LogP contribution >= 0.6 is 0 Å². The first-order valence-electron chi connectivity index (χ1n) is 8.07. The van der Waals surface area contributed by atoms with Crippen LogP contribution in [0.5, 0.6) is 0 Å². The number of rotatable bonds is 2. The Kier molecular flexibility index (Phi) is 4.32. The van der Waals surface area contributed by atoms with Crippen molar-refractivity contribution >= 4 is 17.6 Å². The maximum atomic E-state index is 12.5. The summed E-state index contributed by atoms with van der Waals surface area (Å²) in [5.41, 5.74) is 0.899. The number of hydrogen-bond donors (Lipinski definition) is 1. The van der Waals surface area contributed by atoms with Gasteiger partial charge in [-0.1, -0.05) is 25.1 Å². The van der Waals surface area contributed by atoms with Crippen molar-refractivity contribution in [1.82, 2.24) is 10.2 Å². The van der Waals surface area contributed by atoms with E-state index >= 15 is 0 Å². The van der Waals surface area contributed by atoms with Crippen LogP contribution in [0.25, 0.3) is 0 Å². The van der Waals surface area contributed by atoms with Gasteiger partial charge in [-0.2, -0.15) is 0 Å². The highest BCUT2D eigenvalue weighted by atomic mass is 16.2. The van der Waals surface area contributed by atoms with Gasteiger partial charge < -0.3 is 15.1 Å². The van der Waals surface area contributed by atoms with Gasteiger partial charge in [0.25, 0.3) is 0 Å². The van der Waals surface area contributed by atoms with E-state index in [-0.39, 0.29) is 11.9 Å². The second kappa shape index (κ2) is 6.38. The first-order chi connectivity index (χ1) is 10.6. The molecular formula is C17H23N3O2. The number of carbonyl (C=O) groups excluding carboxylic acids is 2. The van der Waals surface area contributed by atoms with E-state index in [1.165, 1.54) is 0 Å². The molecule has 1 aromatic rings. The third kappa shape index (κ3) is 3.08. The summed E-state index contributed by atoms with van der Waals surface area (Å²) in [4.78, 5) is 28.3. The molecular weight excluding hydrogens is 278 g/mol. The number of nitrogens with zero attached hydrogens (tertiary/aromatic N) is 2. The Morgan fingerprint density at radius 2 is 1.77 bits per heavy atom. The average Bonchev–Trinajstić information content (AvgIpc) is 2.90. The van der Waals surface area contributed by atoms with Crippen molar-refractivity contribution in [1.29, 1.82) is 0 Å². The lowest BCUT2D eigenvalue weighted by Gasteiger charge is -2.31. The van der Waals surface area contributed by atoms with Crippen LogP contribution in [0.4, 0.5) is 10.5 Å². The molecule has 0 radical (unpaired) electrons. The fourth-order valence-electron chi connectivity index (χ4n) is 3.13. The number of likely N-dealkylation sites (tertiary alicyclic amines) is 1. The van der Waals surface area contributed by atoms with Gasteiger partial charge in [-0.3, -0.25) is 4.79 Å². The molecule has 2 aliphatic rings. The molecule has 2 heterocycles. The third-order valence-electron chi connectivity index (χ3n) is 4.64. The van der Waals surface area contributed by atoms with Crippen LogP contribution < -0.4 is 10.2 Å². The number of nitrogens with one attached hydrogen (secondary N) is 1. The fraction of sp³-hybridized carbons (Fsp3) is 0.529. The van der Waals surface area contributed by atoms with Crippen LogP contribution in [0.1, 0.15) is 26.2 Å². The summed E-state index contributed by atoms with van der Waals surface area (Å²) in [5.74, 6) is 0.677. The number of amides is 3. The topological polar surface area (TPSA) is 52.7 Å². The van der Waals surface area contributed by atoms with Crippen molar-refractivity contribution in [2.75, 3.05) is 24.5 Å². The molecule has 0 spiro atoms. The molecule has 5 heteroatoms. The number of para-hydroxylation sites is 1. The quantitative estimate of drug-likeness (QED) is 0.911. The van der Waals surface area contributed by atoms with Gasteiger partial charge >= 0.3 is 6.03 Å². The highest BCUT2D eigenvalue weighted by Gasteiger charge is 2.34. The highest BCUT2D eigenvalue weighted by molar-refractivity contribution is 6.01. The molecule has 0 bridgehead atoms. The molecule has 2 aliphatic heterocycles. The van der Waals surface area contributed by atoms with Crippen molar-refractivity contribution < 1.29 is 9.59 Å². The normalized spacial score (nSPS) is 23.0. The van der Waals surface area contributed by atoms with Crippen molar-refractivity contribution in [3.63, 3.8) is 0 Å². The minimum atomic E-state index is -0.396. The Labute approximate surface area is 131 Å². The van der Waals surface area contributed by atoms with Crippen molar-refractivity contribution in [3.8, 4) is 0 Å². The van der Waals surface area contributed by atoms with Crippen molar-refractivity contribution in [3.05, 3.63) is 30.3 Å². The number of piperidine rings is 1. The molecule has 0 aliphatic carbocycles. The Balaban J connectivity index is 1.58. The molecule has 1 atom stereocenters. The molecule has 1 aromatic carbocycles. The van der Waals surface area contributed by atoms with E-state index in [9.17, 15) is 9.59 Å². The lowest BCUT2D eigenvalue weighted by Crippen LogP contribution is -2.50. The SMILES string of the molecule is CC1CCN(C(=O)NC2CCN(c3ccccc3)C2=O)CC1. The van der Waals surface area contributed by atoms with Crippen LogP contribution in [0.3, 0.4) is 0 Å². The van der Waals surface area contributed by atoms with Crippen molar-refractivity contribution in [2.24, 2.45) is 5.92 Å². The van der Waals surface area contributed by atoms with Gasteiger partial charge in [0.15, 0.2) is 0 Å². The number of carbonyl (C=O) groups is 2. The second-order valence-corrected chi connectivity index (χ2v) is 6.29. The summed E-state index contributed by atoms with van der Waals surface area (Å²) in [7, 11) is 0. The van der Waals surface area contributed by atoms with E-state index in [0.717, 1.165) is 31.6 Å². The lowest BCUT2D eigenvalue weighted by atomic mass is 10.00. The van der Waals surface area contributed by atoms with Gasteiger partial charge in [-0.15, -0.1) is 0 Å². The third-order valence-corrected chi connectivity index (χ3v) is 4.64. The average molecular weight is 301 g/mol. The molecule has 3 rings (SSSR count). The minimum Gasteiger partial charge on any atom is -0.326 e. The van der Waals surface area contributed by atoms with E-state index in [1.54, 1.807) is 4.90 Å². The standard InChI is InChI=1S/C17H23N3O2/c1-13-7-10-19(11-8-13)17(22)18-15-9-12-20(16(15)21)14-5-3-2-4-6-14/h2-6,13,15H,7-12H2,1H3,(H,18,22). The molecule has 1 unspecified atom stereocenters. The summed E-state index contributed by atoms with van der Waals surface area (Å²) < 4.78 is 0. The molecule has 118 valence electrons. The second-order valence-electron chi connectivity index (χ2n) is 6.29. The number of urea groups is 1. The summed E-state index contributed by atoms with van der Waals surface area (Å²) in [6.45, 7) is 4.45. The smallest absolute Gasteiger partial charge is 0.318 e. The zero-order chi connectivity index (χ0) is 15.5. The predicted octanol–water partition coefficient (Wildman–Crippen LogP) is 2.23. The molecule has 1 N–H and O–H groups in total. The molecule has 3 amide bonds. The first-order valence-corrected chi connectivity index (χ1v) is 8.07. The van der Waals surface area contributed by atoms with E-state index in [1.807, 2.05) is 35.2 Å². The molecule has 0 saturated carbocycles. The Bertz CT molecular complexity index is 538. The first kappa shape index (κ1) is 14.9. The zero-order valence-electron chi connectivity index (χ0n) is 13.0. The van der Waals surface area contributed by atoms with Crippen LogP contribution in [0.2, 0.25) is 0 Å². The van der Waals surface area contributed by atoms with Gasteiger partial charge in [-0.05, 0) is 37.3 Å². The summed E-state index contributed by atoms with van der Waals surface area (Å²) in [6.07, 6.45) is 2.76. The van der Waals surface area contributed by atoms with E-state index in [2.05, 4.69) is 12.2 Å². The number of benzene rings is 1. The highest BCUT2D eigenvalue weighted by Crippen LogP contribution is 2.22. The van der Waals surface area contributed by atoms with E-state index in [0.29, 0.717) is 18.9 Å². The van der Waals surface area contributed by atoms with E-state index < -0.39 is 6.04 Å². The van der Waals surface area contributed by atoms with Crippen LogP contribution in [-0.4, -0.2) is 42.5 Å². The number of anilines is 1. The molecule has 5 nitrogen and oxygen atoms in total. The van der Waals surface area contributed by atoms with Crippen molar-refractivity contribution in [2.45, 2.75) is 32.2 Å². The summed E-state index contributed by atoms with van der Waals surface area (Å²) in [6, 6.07) is 9.13. The molecule has 2 fully saturated rings. The summed E-state index contributed by atoms with van der Waals surface area (Å²) in [5, 5.41) is 2.91.